The van der Waals surface area contributed by atoms with Gasteiger partial charge in [-0.05, 0) is 56.7 Å². The van der Waals surface area contributed by atoms with Crippen molar-refractivity contribution in [2.45, 2.75) is 26.8 Å². The molecule has 5 rings (SSSR count). The summed E-state index contributed by atoms with van der Waals surface area (Å²) in [6.45, 7) is 5.66. The van der Waals surface area contributed by atoms with Crippen LogP contribution < -0.4 is 14.9 Å². The van der Waals surface area contributed by atoms with E-state index >= 15 is 0 Å². The Labute approximate surface area is 238 Å². The van der Waals surface area contributed by atoms with Gasteiger partial charge in [0.1, 0.15) is 11.5 Å². The molecule has 0 saturated carbocycles. The van der Waals surface area contributed by atoms with E-state index in [1.54, 1.807) is 50.3 Å². The van der Waals surface area contributed by atoms with Crippen LogP contribution in [0.3, 0.4) is 0 Å². The lowest BCUT2D eigenvalue weighted by molar-refractivity contribution is -0.139. The number of furan rings is 1. The number of rotatable bonds is 6. The van der Waals surface area contributed by atoms with Gasteiger partial charge >= 0.3 is 11.9 Å². The minimum absolute atomic E-state index is 0.205. The molecule has 10 heteroatoms. The number of halogens is 1. The summed E-state index contributed by atoms with van der Waals surface area (Å²) in [6, 6.07) is 15.4. The number of hydrogen-bond donors (Lipinski definition) is 0. The quantitative estimate of drug-likeness (QED) is 0.306. The van der Waals surface area contributed by atoms with Crippen molar-refractivity contribution in [2.24, 2.45) is 4.99 Å². The van der Waals surface area contributed by atoms with E-state index in [0.717, 1.165) is 11.1 Å². The molecule has 40 heavy (non-hydrogen) atoms. The number of thiazole rings is 1. The molecule has 1 aliphatic heterocycles. The van der Waals surface area contributed by atoms with Gasteiger partial charge in [-0.1, -0.05) is 52.8 Å². The summed E-state index contributed by atoms with van der Waals surface area (Å²) < 4.78 is 18.1. The van der Waals surface area contributed by atoms with Crippen LogP contribution in [-0.2, 0) is 14.3 Å². The monoisotopic (exact) mass is 576 g/mol. The van der Waals surface area contributed by atoms with Crippen molar-refractivity contribution in [3.8, 4) is 11.3 Å². The molecule has 0 spiro atoms. The van der Waals surface area contributed by atoms with Crippen LogP contribution in [0.4, 0.5) is 0 Å². The van der Waals surface area contributed by atoms with E-state index in [1.165, 1.54) is 23.0 Å². The summed E-state index contributed by atoms with van der Waals surface area (Å²) in [5, 5.41) is 0.268. The number of carbonyl (C=O) groups excluding carboxylic acids is 2. The van der Waals surface area contributed by atoms with Crippen molar-refractivity contribution in [1.82, 2.24) is 4.57 Å². The van der Waals surface area contributed by atoms with Crippen molar-refractivity contribution in [1.29, 1.82) is 0 Å². The third-order valence-corrected chi connectivity index (χ3v) is 7.78. The first-order valence-electron chi connectivity index (χ1n) is 12.5. The number of methoxy groups -OCH3 is 1. The van der Waals surface area contributed by atoms with Gasteiger partial charge in [-0.15, -0.1) is 0 Å². The Morgan fingerprint density at radius 3 is 2.55 bits per heavy atom. The van der Waals surface area contributed by atoms with Crippen molar-refractivity contribution in [3.05, 3.63) is 113 Å². The summed E-state index contributed by atoms with van der Waals surface area (Å²) in [4.78, 5) is 43.9. The van der Waals surface area contributed by atoms with Crippen LogP contribution in [0.25, 0.3) is 17.4 Å². The first-order valence-corrected chi connectivity index (χ1v) is 13.7. The molecule has 0 saturated heterocycles. The van der Waals surface area contributed by atoms with Crippen molar-refractivity contribution in [2.75, 3.05) is 13.7 Å². The third kappa shape index (κ3) is 5.05. The minimum Gasteiger partial charge on any atom is -0.465 e. The summed E-state index contributed by atoms with van der Waals surface area (Å²) in [7, 11) is 1.28. The molecule has 0 radical (unpaired) electrons. The number of allylic oxidation sites excluding steroid dienone is 1. The topological polar surface area (TPSA) is 100 Å². The Kier molecular flexibility index (Phi) is 7.60. The zero-order chi connectivity index (χ0) is 28.6. The van der Waals surface area contributed by atoms with E-state index in [1.807, 2.05) is 31.2 Å². The molecule has 0 aliphatic carbocycles. The fourth-order valence-electron chi connectivity index (χ4n) is 4.52. The largest absolute Gasteiger partial charge is 0.465 e. The Morgan fingerprint density at radius 1 is 1.10 bits per heavy atom. The fraction of sp³-hybridized carbons (Fsp3) is 0.200. The van der Waals surface area contributed by atoms with E-state index in [4.69, 9.17) is 25.5 Å². The average Bonchev–Trinajstić information content (AvgIpc) is 3.52. The van der Waals surface area contributed by atoms with Crippen LogP contribution in [-0.4, -0.2) is 30.2 Å². The maximum atomic E-state index is 13.8. The second-order valence-electron chi connectivity index (χ2n) is 9.10. The van der Waals surface area contributed by atoms with Gasteiger partial charge in [0.25, 0.3) is 5.56 Å². The molecule has 3 heterocycles. The van der Waals surface area contributed by atoms with Crippen LogP contribution >= 0.6 is 22.9 Å². The van der Waals surface area contributed by atoms with E-state index in [9.17, 15) is 14.4 Å². The number of ether oxygens (including phenoxy) is 2. The fourth-order valence-corrected chi connectivity index (χ4v) is 5.74. The highest BCUT2D eigenvalue weighted by Crippen LogP contribution is 2.31. The average molecular weight is 577 g/mol. The lowest BCUT2D eigenvalue weighted by Gasteiger charge is -2.24. The zero-order valence-corrected chi connectivity index (χ0v) is 23.8. The van der Waals surface area contributed by atoms with Gasteiger partial charge in [0.2, 0.25) is 0 Å². The first-order chi connectivity index (χ1) is 19.2. The Bertz CT molecular complexity index is 1850. The summed E-state index contributed by atoms with van der Waals surface area (Å²) in [5.41, 5.74) is 3.20. The number of esters is 2. The maximum absolute atomic E-state index is 13.8. The number of nitrogens with zero attached hydrogens (tertiary/aromatic N) is 2. The molecule has 0 unspecified atom stereocenters. The molecule has 2 aromatic heterocycles. The third-order valence-electron chi connectivity index (χ3n) is 6.47. The lowest BCUT2D eigenvalue weighted by Crippen LogP contribution is -2.39. The van der Waals surface area contributed by atoms with Crippen LogP contribution in [0.15, 0.2) is 80.1 Å². The van der Waals surface area contributed by atoms with Gasteiger partial charge in [-0.25, -0.2) is 14.6 Å². The zero-order valence-electron chi connectivity index (χ0n) is 22.2. The molecule has 0 N–H and O–H groups in total. The number of carbonyl (C=O) groups is 2. The highest BCUT2D eigenvalue weighted by Gasteiger charge is 2.33. The van der Waals surface area contributed by atoms with Gasteiger partial charge in [0.15, 0.2) is 4.80 Å². The highest BCUT2D eigenvalue weighted by atomic mass is 35.5. The molecule has 204 valence electrons. The molecule has 4 aromatic rings. The SMILES string of the molecule is CCOC(=O)C1=C(C)N=c2s/c(=C\c3ccc(-c4ccc(Cl)c(C(=O)OC)c4)o3)c(=O)n2[C@H]1c1ccc(C)cc1. The van der Waals surface area contributed by atoms with Crippen LogP contribution in [0.5, 0.6) is 0 Å². The van der Waals surface area contributed by atoms with E-state index in [0.29, 0.717) is 37.7 Å². The van der Waals surface area contributed by atoms with Gasteiger partial charge in [-0.2, -0.15) is 0 Å². The van der Waals surface area contributed by atoms with Gasteiger partial charge in [0, 0.05) is 11.6 Å². The molecule has 8 nitrogen and oxygen atoms in total. The van der Waals surface area contributed by atoms with Crippen molar-refractivity contribution < 1.29 is 23.5 Å². The number of fused-ring (bicyclic) bond motifs is 1. The molecule has 0 bridgehead atoms. The summed E-state index contributed by atoms with van der Waals surface area (Å²) >= 11 is 7.35. The van der Waals surface area contributed by atoms with Crippen LogP contribution in [0.2, 0.25) is 5.02 Å². The molecule has 1 aliphatic rings. The van der Waals surface area contributed by atoms with Gasteiger partial charge < -0.3 is 13.9 Å². The Morgan fingerprint density at radius 2 is 1.85 bits per heavy atom. The first kappa shape index (κ1) is 27.4. The van der Waals surface area contributed by atoms with E-state index in [-0.39, 0.29) is 22.8 Å². The molecule has 0 fully saturated rings. The number of benzene rings is 2. The summed E-state index contributed by atoms with van der Waals surface area (Å²) in [5.74, 6) is -0.143. The minimum atomic E-state index is -0.684. The lowest BCUT2D eigenvalue weighted by atomic mass is 9.95. The molecule has 1 atom stereocenters. The second-order valence-corrected chi connectivity index (χ2v) is 10.5. The Hall–Kier alpha value is -4.21. The number of aromatic nitrogens is 1. The van der Waals surface area contributed by atoms with Gasteiger partial charge in [-0.3, -0.25) is 9.36 Å². The predicted octanol–water partition coefficient (Wildman–Crippen LogP) is 4.81. The molecular formula is C30H25ClN2O6S. The van der Waals surface area contributed by atoms with Crippen molar-refractivity contribution >= 4 is 41.0 Å². The summed E-state index contributed by atoms with van der Waals surface area (Å²) in [6.07, 6.45) is 1.64. The molecular weight excluding hydrogens is 552 g/mol. The standard InChI is InChI=1S/C30H25ClN2O6S/c1-5-38-29(36)25-17(3)32-30-33(26(25)18-8-6-16(2)7-9-18)27(34)24(40-30)15-20-11-13-23(39-20)19-10-12-22(31)21(14-19)28(35)37-4/h6-15,26H,5H2,1-4H3/b24-15-/t26-/m0/s1. The molecule has 0 amide bonds. The van der Waals surface area contributed by atoms with Crippen molar-refractivity contribution in [3.63, 3.8) is 0 Å². The number of hydrogen-bond acceptors (Lipinski definition) is 8. The van der Waals surface area contributed by atoms with Crippen LogP contribution in [0, 0.1) is 6.92 Å². The predicted molar refractivity (Wildman–Crippen MR) is 152 cm³/mol. The number of aryl methyl sites for hydroxylation is 1. The molecule has 2 aromatic carbocycles. The second kappa shape index (κ2) is 11.1. The van der Waals surface area contributed by atoms with Gasteiger partial charge in [0.05, 0.1) is 46.1 Å². The highest BCUT2D eigenvalue weighted by molar-refractivity contribution is 7.07. The maximum Gasteiger partial charge on any atom is 0.339 e. The Balaban J connectivity index is 1.60. The van der Waals surface area contributed by atoms with E-state index < -0.39 is 18.0 Å². The van der Waals surface area contributed by atoms with E-state index in [2.05, 4.69) is 4.99 Å². The van der Waals surface area contributed by atoms with Crippen LogP contribution in [0.1, 0.15) is 47.1 Å². The normalized spacial score (nSPS) is 15.0. The smallest absolute Gasteiger partial charge is 0.339 e.